The summed E-state index contributed by atoms with van der Waals surface area (Å²) in [6, 6.07) is 27.2. The van der Waals surface area contributed by atoms with E-state index in [2.05, 4.69) is 22.5 Å². The zero-order chi connectivity index (χ0) is 33.8. The van der Waals surface area contributed by atoms with Gasteiger partial charge in [-0.2, -0.15) is 0 Å². The van der Waals surface area contributed by atoms with Gasteiger partial charge in [-0.15, -0.1) is 11.3 Å². The minimum Gasteiger partial charge on any atom is -0.377 e. The fourth-order valence-corrected chi connectivity index (χ4v) is 5.77. The molecule has 0 bridgehead atoms. The summed E-state index contributed by atoms with van der Waals surface area (Å²) in [6.45, 7) is 5.83. The number of amides is 4. The summed E-state index contributed by atoms with van der Waals surface area (Å²) in [5, 5.41) is 10.8. The maximum Gasteiger partial charge on any atom is 0.243 e. The number of carbonyl (C=O) groups is 4. The number of rotatable bonds is 17. The summed E-state index contributed by atoms with van der Waals surface area (Å²) in [6.07, 6.45) is 1.57. The third-order valence-corrected chi connectivity index (χ3v) is 8.66. The van der Waals surface area contributed by atoms with E-state index in [1.807, 2.05) is 84.2 Å². The lowest BCUT2D eigenvalue weighted by atomic mass is 10.00. The first-order valence-corrected chi connectivity index (χ1v) is 16.3. The van der Waals surface area contributed by atoms with E-state index in [1.54, 1.807) is 19.1 Å². The minimum atomic E-state index is -0.915. The van der Waals surface area contributed by atoms with E-state index in [4.69, 9.17) is 11.5 Å². The van der Waals surface area contributed by atoms with Gasteiger partial charge < -0.3 is 27.4 Å². The molecule has 1 unspecified atom stereocenters. The quantitative estimate of drug-likeness (QED) is 0.112. The van der Waals surface area contributed by atoms with Gasteiger partial charge in [0.15, 0.2) is 0 Å². The van der Waals surface area contributed by atoms with Crippen LogP contribution in [0.4, 0.5) is 5.69 Å². The maximum atomic E-state index is 13.5. The van der Waals surface area contributed by atoms with Crippen molar-refractivity contribution in [2.24, 2.45) is 17.4 Å². The Labute approximate surface area is 279 Å². The molecule has 4 aromatic rings. The molecule has 4 rings (SSSR count). The van der Waals surface area contributed by atoms with Crippen LogP contribution in [0.5, 0.6) is 0 Å². The van der Waals surface area contributed by atoms with Crippen molar-refractivity contribution in [2.75, 3.05) is 5.32 Å². The summed E-state index contributed by atoms with van der Waals surface area (Å²) in [5.41, 5.74) is 16.2. The Morgan fingerprint density at radius 2 is 1.34 bits per heavy atom. The van der Waals surface area contributed by atoms with Crippen molar-refractivity contribution in [3.8, 4) is 11.1 Å². The highest BCUT2D eigenvalue weighted by Crippen LogP contribution is 2.20. The van der Waals surface area contributed by atoms with Gasteiger partial charge in [-0.1, -0.05) is 86.3 Å². The SMILES string of the molecule is C=C(CCC(=O)Nc1ccc(C[C@H](C)C(N)=O)cc1)NC(Cc1cccs1)C(=O)N[C@@H](Cc1ccc(-c2ccccc2)cc1)C(N)=O. The van der Waals surface area contributed by atoms with Crippen molar-refractivity contribution < 1.29 is 19.2 Å². The van der Waals surface area contributed by atoms with Crippen LogP contribution in [0.1, 0.15) is 35.8 Å². The maximum absolute atomic E-state index is 13.5. The second-order valence-electron chi connectivity index (χ2n) is 11.6. The molecule has 3 atom stereocenters. The highest BCUT2D eigenvalue weighted by atomic mass is 32.1. The van der Waals surface area contributed by atoms with Gasteiger partial charge in [-0.05, 0) is 58.7 Å². The number of carbonyl (C=O) groups excluding carboxylic acids is 4. The molecule has 0 aliphatic rings. The molecule has 7 N–H and O–H groups in total. The van der Waals surface area contributed by atoms with Gasteiger partial charge in [0.2, 0.25) is 23.6 Å². The van der Waals surface area contributed by atoms with Gasteiger partial charge in [0.1, 0.15) is 12.1 Å². The molecular formula is C37H41N5O4S. The molecule has 47 heavy (non-hydrogen) atoms. The van der Waals surface area contributed by atoms with E-state index in [9.17, 15) is 19.2 Å². The van der Waals surface area contributed by atoms with Gasteiger partial charge in [-0.25, -0.2) is 0 Å². The highest BCUT2D eigenvalue weighted by molar-refractivity contribution is 7.09. The van der Waals surface area contributed by atoms with E-state index in [-0.39, 0.29) is 36.5 Å². The average molecular weight is 652 g/mol. The van der Waals surface area contributed by atoms with Crippen molar-refractivity contribution in [2.45, 2.75) is 51.1 Å². The Morgan fingerprint density at radius 1 is 0.702 bits per heavy atom. The molecule has 0 saturated heterocycles. The van der Waals surface area contributed by atoms with E-state index in [0.29, 0.717) is 30.6 Å². The molecule has 1 aromatic heterocycles. The summed E-state index contributed by atoms with van der Waals surface area (Å²) >= 11 is 1.52. The van der Waals surface area contributed by atoms with Crippen molar-refractivity contribution >= 4 is 40.7 Å². The zero-order valence-corrected chi connectivity index (χ0v) is 27.2. The second kappa shape index (κ2) is 16.9. The van der Waals surface area contributed by atoms with E-state index in [1.165, 1.54) is 11.3 Å². The second-order valence-corrected chi connectivity index (χ2v) is 12.6. The van der Waals surface area contributed by atoms with Crippen LogP contribution in [-0.2, 0) is 38.4 Å². The molecule has 0 spiro atoms. The van der Waals surface area contributed by atoms with Crippen molar-refractivity contribution in [1.29, 1.82) is 0 Å². The Bertz CT molecular complexity index is 1660. The predicted octanol–water partition coefficient (Wildman–Crippen LogP) is 4.73. The van der Waals surface area contributed by atoms with E-state index in [0.717, 1.165) is 27.1 Å². The first-order valence-electron chi connectivity index (χ1n) is 15.5. The number of anilines is 1. The predicted molar refractivity (Wildman–Crippen MR) is 187 cm³/mol. The molecule has 3 aromatic carbocycles. The first kappa shape index (κ1) is 34.6. The van der Waals surface area contributed by atoms with Crippen molar-refractivity contribution in [1.82, 2.24) is 10.6 Å². The molecule has 0 saturated carbocycles. The minimum absolute atomic E-state index is 0.141. The number of hydrogen-bond acceptors (Lipinski definition) is 6. The van der Waals surface area contributed by atoms with E-state index < -0.39 is 18.0 Å². The number of nitrogens with one attached hydrogen (secondary N) is 3. The Hall–Kier alpha value is -5.22. The molecule has 1 heterocycles. The smallest absolute Gasteiger partial charge is 0.243 e. The topological polar surface area (TPSA) is 156 Å². The molecule has 0 radical (unpaired) electrons. The van der Waals surface area contributed by atoms with Gasteiger partial charge in [0, 0.05) is 41.4 Å². The summed E-state index contributed by atoms with van der Waals surface area (Å²) in [5.74, 6) is -1.87. The fourth-order valence-electron chi connectivity index (χ4n) is 5.02. The largest absolute Gasteiger partial charge is 0.377 e. The zero-order valence-electron chi connectivity index (χ0n) is 26.4. The average Bonchev–Trinajstić information content (AvgIpc) is 3.58. The lowest BCUT2D eigenvalue weighted by Crippen LogP contribution is -2.53. The lowest BCUT2D eigenvalue weighted by molar-refractivity contribution is -0.128. The van der Waals surface area contributed by atoms with Crippen LogP contribution in [0.25, 0.3) is 11.1 Å². The van der Waals surface area contributed by atoms with Crippen molar-refractivity contribution in [3.05, 3.63) is 125 Å². The van der Waals surface area contributed by atoms with Gasteiger partial charge >= 0.3 is 0 Å². The number of allylic oxidation sites excluding steroid dienone is 1. The van der Waals surface area contributed by atoms with Crippen molar-refractivity contribution in [3.63, 3.8) is 0 Å². The Balaban J connectivity index is 1.33. The normalized spacial score (nSPS) is 12.7. The molecule has 9 nitrogen and oxygen atoms in total. The molecule has 0 fully saturated rings. The monoisotopic (exact) mass is 651 g/mol. The summed E-state index contributed by atoms with van der Waals surface area (Å²) in [7, 11) is 0. The molecule has 4 amide bonds. The van der Waals surface area contributed by atoms with Gasteiger partial charge in [-0.3, -0.25) is 19.2 Å². The van der Waals surface area contributed by atoms with Crippen LogP contribution in [0.2, 0.25) is 0 Å². The number of primary amides is 2. The molecule has 0 aliphatic carbocycles. The standard InChI is InChI=1S/C37H41N5O4S/c1-24(35(38)44)21-26-13-17-30(18-14-26)41-34(43)19-10-25(2)40-33(23-31-9-6-20-47-31)37(46)42-32(36(39)45)22-27-11-15-29(16-12-27)28-7-4-3-5-8-28/h3-9,11-18,20,24,32-33,40H,2,10,19,21-23H2,1H3,(H2,38,44)(H2,39,45)(H,41,43)(H,42,46)/t24-,32-,33?/m0/s1. The summed E-state index contributed by atoms with van der Waals surface area (Å²) < 4.78 is 0. The molecular weight excluding hydrogens is 611 g/mol. The van der Waals surface area contributed by atoms with Crippen LogP contribution in [0, 0.1) is 5.92 Å². The Kier molecular flexibility index (Phi) is 12.5. The number of hydrogen-bond donors (Lipinski definition) is 5. The molecule has 10 heteroatoms. The first-order chi connectivity index (χ1) is 22.6. The highest BCUT2D eigenvalue weighted by Gasteiger charge is 2.26. The third-order valence-electron chi connectivity index (χ3n) is 7.76. The van der Waals surface area contributed by atoms with Crippen LogP contribution in [0.3, 0.4) is 0 Å². The van der Waals surface area contributed by atoms with E-state index >= 15 is 0 Å². The van der Waals surface area contributed by atoms with Crippen LogP contribution in [0.15, 0.2) is 109 Å². The van der Waals surface area contributed by atoms with Gasteiger partial charge in [0.05, 0.1) is 0 Å². The lowest BCUT2D eigenvalue weighted by Gasteiger charge is -2.23. The van der Waals surface area contributed by atoms with Crippen LogP contribution >= 0.6 is 11.3 Å². The van der Waals surface area contributed by atoms with Crippen LogP contribution < -0.4 is 27.4 Å². The molecule has 244 valence electrons. The van der Waals surface area contributed by atoms with Gasteiger partial charge in [0.25, 0.3) is 0 Å². The third kappa shape index (κ3) is 11.0. The molecule has 0 aliphatic heterocycles. The number of thiophene rings is 1. The summed E-state index contributed by atoms with van der Waals surface area (Å²) in [4.78, 5) is 50.9. The fraction of sp³-hybridized carbons (Fsp3) is 0.243. The number of nitrogens with two attached hydrogens (primary N) is 2. The Morgan fingerprint density at radius 3 is 1.96 bits per heavy atom. The van der Waals surface area contributed by atoms with Crippen LogP contribution in [-0.4, -0.2) is 35.7 Å². The number of benzene rings is 3.